The average molecular weight is 568 g/mol. The van der Waals surface area contributed by atoms with Gasteiger partial charge in [0.15, 0.2) is 0 Å². The Kier molecular flexibility index (Phi) is 15.5. The molecule has 3 aliphatic rings. The van der Waals surface area contributed by atoms with E-state index in [0.717, 1.165) is 25.3 Å². The number of amides is 2. The molecule has 0 aromatic carbocycles. The van der Waals surface area contributed by atoms with Gasteiger partial charge in [0.2, 0.25) is 12.8 Å². The van der Waals surface area contributed by atoms with Gasteiger partial charge in [-0.05, 0) is 69.3 Å². The minimum Gasteiger partial charge on any atom is -0.372 e. The molecule has 1 atom stereocenters. The Balaban J connectivity index is 0.000000323. The molecule has 3 N–H and O–H groups in total. The molecule has 0 spiro atoms. The smallest absolute Gasteiger partial charge is 0.207 e. The van der Waals surface area contributed by atoms with E-state index in [1.165, 1.54) is 114 Å². The highest BCUT2D eigenvalue weighted by atomic mass is 16.1. The van der Waals surface area contributed by atoms with Gasteiger partial charge in [-0.1, -0.05) is 51.4 Å². The molecule has 3 fully saturated rings. The van der Waals surface area contributed by atoms with Gasteiger partial charge in [-0.25, -0.2) is 4.98 Å². The zero-order chi connectivity index (χ0) is 29.1. The number of aryl methyl sites for hydroxylation is 1. The Morgan fingerprint density at radius 2 is 1.63 bits per heavy atom. The molecule has 9 nitrogen and oxygen atoms in total. The molecule has 1 saturated heterocycles. The van der Waals surface area contributed by atoms with Crippen LogP contribution in [0.2, 0.25) is 0 Å². The number of hydrogen-bond donors (Lipinski definition) is 2. The zero-order valence-corrected chi connectivity index (χ0v) is 25.2. The molecule has 5 rings (SSSR count). The summed E-state index contributed by atoms with van der Waals surface area (Å²) in [5, 5.41) is 2.80. The highest BCUT2D eigenvalue weighted by Gasteiger charge is 2.25. The van der Waals surface area contributed by atoms with Crippen LogP contribution in [0.25, 0.3) is 0 Å². The monoisotopic (exact) mass is 567 g/mol. The van der Waals surface area contributed by atoms with Gasteiger partial charge in [-0.2, -0.15) is 0 Å². The van der Waals surface area contributed by atoms with Crippen molar-refractivity contribution in [2.24, 2.45) is 11.7 Å². The number of rotatable bonds is 10. The number of nitrogens with one attached hydrogen (secondary N) is 1. The quantitative estimate of drug-likeness (QED) is 0.420. The van der Waals surface area contributed by atoms with Crippen LogP contribution in [-0.4, -0.2) is 82.5 Å². The summed E-state index contributed by atoms with van der Waals surface area (Å²) in [5.74, 6) is 0.990. The van der Waals surface area contributed by atoms with Crippen molar-refractivity contribution in [3.05, 3.63) is 48.3 Å². The van der Waals surface area contributed by atoms with E-state index in [4.69, 9.17) is 4.79 Å². The molecule has 2 saturated carbocycles. The summed E-state index contributed by atoms with van der Waals surface area (Å²) in [5.41, 5.74) is 6.79. The molecular weight excluding hydrogens is 514 g/mol. The first-order chi connectivity index (χ1) is 20.1. The fourth-order valence-electron chi connectivity index (χ4n) is 6.43. The minimum absolute atomic E-state index is 0.250. The van der Waals surface area contributed by atoms with E-state index in [2.05, 4.69) is 54.6 Å². The molecule has 9 heteroatoms. The van der Waals surface area contributed by atoms with Gasteiger partial charge in [0.25, 0.3) is 0 Å². The van der Waals surface area contributed by atoms with E-state index in [0.29, 0.717) is 12.1 Å². The summed E-state index contributed by atoms with van der Waals surface area (Å²) in [7, 11) is 2.30. The predicted molar refractivity (Wildman–Crippen MR) is 164 cm³/mol. The Labute approximate surface area is 247 Å². The van der Waals surface area contributed by atoms with Crippen molar-refractivity contribution in [3.63, 3.8) is 0 Å². The van der Waals surface area contributed by atoms with E-state index in [1.54, 1.807) is 0 Å². The summed E-state index contributed by atoms with van der Waals surface area (Å²) in [6.45, 7) is 5.84. The second-order valence-electron chi connectivity index (χ2n) is 11.9. The Hall–Kier alpha value is -2.78. The Morgan fingerprint density at radius 1 is 0.951 bits per heavy atom. The number of pyridine rings is 1. The van der Waals surface area contributed by atoms with Crippen LogP contribution in [0.4, 0.5) is 0 Å². The molecule has 3 heterocycles. The molecular formula is C32H53N7O2. The lowest BCUT2D eigenvalue weighted by Crippen LogP contribution is -2.51. The van der Waals surface area contributed by atoms with Gasteiger partial charge in [0.05, 0.1) is 6.33 Å². The number of hydrogen-bond acceptors (Lipinski definition) is 6. The molecule has 2 amide bonds. The highest BCUT2D eigenvalue weighted by molar-refractivity contribution is 5.46. The molecule has 41 heavy (non-hydrogen) atoms. The molecule has 0 radical (unpaired) electrons. The van der Waals surface area contributed by atoms with Crippen LogP contribution in [0.5, 0.6) is 0 Å². The highest BCUT2D eigenvalue weighted by Crippen LogP contribution is 2.27. The van der Waals surface area contributed by atoms with Crippen LogP contribution in [0.1, 0.15) is 88.3 Å². The number of nitrogens with two attached hydrogens (primary N) is 1. The van der Waals surface area contributed by atoms with Crippen molar-refractivity contribution in [2.45, 2.75) is 102 Å². The fourth-order valence-corrected chi connectivity index (χ4v) is 6.43. The first-order valence-corrected chi connectivity index (χ1v) is 15.8. The second kappa shape index (κ2) is 19.4. The number of carbonyl (C=O) groups is 2. The molecule has 1 aliphatic heterocycles. The summed E-state index contributed by atoms with van der Waals surface area (Å²) in [4.78, 5) is 32.4. The molecule has 2 aromatic rings. The predicted octanol–water partition coefficient (Wildman–Crippen LogP) is 4.01. The SMILES string of the molecule is CN1CCN(CCC2CCCCC2)CC1CCc1cncn1Cc1ccncc1.NC=O.O=CNC1CCCCC1. The lowest BCUT2D eigenvalue weighted by atomic mass is 9.87. The molecule has 1 unspecified atom stereocenters. The minimum atomic E-state index is 0.250. The van der Waals surface area contributed by atoms with Crippen LogP contribution in [0, 0.1) is 5.92 Å². The second-order valence-corrected chi connectivity index (χ2v) is 11.9. The van der Waals surface area contributed by atoms with Crippen LogP contribution < -0.4 is 11.1 Å². The number of nitrogens with zero attached hydrogens (tertiary/aromatic N) is 5. The third kappa shape index (κ3) is 12.3. The summed E-state index contributed by atoms with van der Waals surface area (Å²) < 4.78 is 2.29. The largest absolute Gasteiger partial charge is 0.372 e. The van der Waals surface area contributed by atoms with Gasteiger partial charge in [0.1, 0.15) is 0 Å². The lowest BCUT2D eigenvalue weighted by molar-refractivity contribution is -0.110. The van der Waals surface area contributed by atoms with E-state index in [9.17, 15) is 4.79 Å². The summed E-state index contributed by atoms with van der Waals surface area (Å²) in [6, 6.07) is 5.31. The van der Waals surface area contributed by atoms with Crippen molar-refractivity contribution in [1.29, 1.82) is 0 Å². The van der Waals surface area contributed by atoms with Crippen molar-refractivity contribution in [2.75, 3.05) is 33.2 Å². The maximum Gasteiger partial charge on any atom is 0.207 e. The number of carbonyl (C=O) groups excluding carboxylic acids is 2. The van der Waals surface area contributed by atoms with Gasteiger partial charge in [-0.15, -0.1) is 0 Å². The normalized spacial score (nSPS) is 20.7. The van der Waals surface area contributed by atoms with Crippen molar-refractivity contribution in [3.8, 4) is 0 Å². The van der Waals surface area contributed by atoms with Gasteiger partial charge in [0, 0.05) is 62.5 Å². The first-order valence-electron chi connectivity index (χ1n) is 15.8. The lowest BCUT2D eigenvalue weighted by Gasteiger charge is -2.40. The van der Waals surface area contributed by atoms with Crippen LogP contribution >= 0.6 is 0 Å². The van der Waals surface area contributed by atoms with Crippen LogP contribution in [0.3, 0.4) is 0 Å². The van der Waals surface area contributed by atoms with Crippen molar-refractivity contribution >= 4 is 12.8 Å². The maximum atomic E-state index is 9.96. The standard InChI is InChI=1S/C24H37N5.C7H13NO.CH3NO/c1-27-15-16-28(14-11-21-5-3-2-4-6-21)19-24(27)8-7-23-17-26-20-29(23)18-22-9-12-25-13-10-22;9-6-8-7-4-2-1-3-5-7;2-1-3/h9-10,12-13,17,20-21,24H,2-8,11,14-16,18-19H2,1H3;6-7H,1-5H2,(H,8,9);1H,(H2,2,3). The number of piperazine rings is 1. The van der Waals surface area contributed by atoms with E-state index >= 15 is 0 Å². The van der Waals surface area contributed by atoms with Crippen molar-refractivity contribution in [1.82, 2.24) is 29.7 Å². The van der Waals surface area contributed by atoms with E-state index in [-0.39, 0.29) is 6.41 Å². The summed E-state index contributed by atoms with van der Waals surface area (Å²) in [6.07, 6.45) is 26.1. The molecule has 228 valence electrons. The third-order valence-corrected chi connectivity index (χ3v) is 8.98. The maximum absolute atomic E-state index is 9.96. The van der Waals surface area contributed by atoms with Gasteiger partial charge >= 0.3 is 0 Å². The van der Waals surface area contributed by atoms with Crippen LogP contribution in [-0.2, 0) is 22.6 Å². The summed E-state index contributed by atoms with van der Waals surface area (Å²) >= 11 is 0. The van der Waals surface area contributed by atoms with Crippen molar-refractivity contribution < 1.29 is 9.59 Å². The zero-order valence-electron chi connectivity index (χ0n) is 25.2. The number of aromatic nitrogens is 3. The van der Waals surface area contributed by atoms with Crippen LogP contribution in [0.15, 0.2) is 37.1 Å². The first kappa shape index (κ1) is 32.7. The van der Waals surface area contributed by atoms with Gasteiger partial charge < -0.3 is 25.4 Å². The molecule has 2 aromatic heterocycles. The molecule has 2 aliphatic carbocycles. The Morgan fingerprint density at radius 3 is 2.32 bits per heavy atom. The number of imidazole rings is 1. The third-order valence-electron chi connectivity index (χ3n) is 8.98. The Bertz CT molecular complexity index is 958. The number of primary amides is 1. The van der Waals surface area contributed by atoms with E-state index < -0.39 is 0 Å². The van der Waals surface area contributed by atoms with Gasteiger partial charge in [-0.3, -0.25) is 14.6 Å². The fraction of sp³-hybridized carbons (Fsp3) is 0.688. The van der Waals surface area contributed by atoms with E-state index in [1.807, 2.05) is 24.9 Å². The topological polar surface area (TPSA) is 109 Å². The number of likely N-dealkylation sites (N-methyl/N-ethyl adjacent to an activating group) is 1. The molecule has 0 bridgehead atoms. The average Bonchev–Trinajstić information content (AvgIpc) is 3.45.